The monoisotopic (exact) mass is 720 g/mol. The van der Waals surface area contributed by atoms with Crippen LogP contribution in [-0.4, -0.2) is 100 Å². The molecule has 3 aliphatic heterocycles. The first-order valence-electron chi connectivity index (χ1n) is 18.5. The van der Waals surface area contributed by atoms with Crippen LogP contribution in [0.15, 0.2) is 18.2 Å². The Morgan fingerprint density at radius 3 is 0.902 bits per heavy atom. The normalized spacial score (nSPS) is 29.1. The smallest absolute Gasteiger partial charge is 0.338 e. The second-order valence-corrected chi connectivity index (χ2v) is 19.0. The first-order chi connectivity index (χ1) is 23.2. The quantitative estimate of drug-likeness (QED) is 0.216. The molecule has 3 aliphatic rings. The van der Waals surface area contributed by atoms with Crippen molar-refractivity contribution >= 4 is 17.9 Å². The van der Waals surface area contributed by atoms with Crippen LogP contribution >= 0.6 is 0 Å². The first-order valence-corrected chi connectivity index (χ1v) is 18.5. The summed E-state index contributed by atoms with van der Waals surface area (Å²) in [7, 11) is 0. The van der Waals surface area contributed by atoms with E-state index in [1.807, 2.05) is 83.1 Å². The van der Waals surface area contributed by atoms with Gasteiger partial charge in [-0.05, 0) is 140 Å². The third-order valence-electron chi connectivity index (χ3n) is 11.5. The van der Waals surface area contributed by atoms with Crippen molar-refractivity contribution in [2.45, 2.75) is 192 Å². The van der Waals surface area contributed by atoms with E-state index < -0.39 is 69.5 Å². The second kappa shape index (κ2) is 14.3. The van der Waals surface area contributed by atoms with Crippen LogP contribution in [0.3, 0.4) is 0 Å². The Balaban J connectivity index is 1.64. The van der Waals surface area contributed by atoms with Crippen molar-refractivity contribution < 1.29 is 44.2 Å². The van der Waals surface area contributed by atoms with Crippen LogP contribution in [0, 0.1) is 0 Å². The highest BCUT2D eigenvalue weighted by Crippen LogP contribution is 2.39. The van der Waals surface area contributed by atoms with Crippen LogP contribution < -0.4 is 0 Å². The van der Waals surface area contributed by atoms with Crippen LogP contribution in [0.25, 0.3) is 0 Å². The molecule has 3 saturated heterocycles. The lowest BCUT2D eigenvalue weighted by atomic mass is 9.95. The molecule has 12 heteroatoms. The van der Waals surface area contributed by atoms with E-state index in [4.69, 9.17) is 29.8 Å². The van der Waals surface area contributed by atoms with Gasteiger partial charge in [-0.3, -0.25) is 0 Å². The number of esters is 3. The van der Waals surface area contributed by atoms with Crippen molar-refractivity contribution in [3.63, 3.8) is 0 Å². The molecule has 0 radical (unpaired) electrons. The number of rotatable bonds is 6. The van der Waals surface area contributed by atoms with Crippen molar-refractivity contribution in [2.75, 3.05) is 0 Å². The van der Waals surface area contributed by atoms with Gasteiger partial charge in [-0.25, -0.2) is 14.4 Å². The van der Waals surface area contributed by atoms with Crippen molar-refractivity contribution in [3.8, 4) is 0 Å². The number of hydroxylamine groups is 6. The Bertz CT molecular complexity index is 1280. The molecule has 0 amide bonds. The van der Waals surface area contributed by atoms with E-state index in [0.717, 1.165) is 0 Å². The zero-order valence-electron chi connectivity index (χ0n) is 33.1. The Morgan fingerprint density at radius 2 is 0.686 bits per heavy atom. The maximum absolute atomic E-state index is 13.8. The molecule has 1 aromatic rings. The van der Waals surface area contributed by atoms with Crippen LogP contribution in [0.4, 0.5) is 0 Å². The number of hydrogen-bond acceptors (Lipinski definition) is 9. The van der Waals surface area contributed by atoms with Gasteiger partial charge >= 0.3 is 17.9 Å². The van der Waals surface area contributed by atoms with Crippen LogP contribution in [0.1, 0.15) is 172 Å². The maximum atomic E-state index is 13.8. The van der Waals surface area contributed by atoms with Crippen molar-refractivity contribution in [1.29, 1.82) is 0 Å². The van der Waals surface area contributed by atoms with Gasteiger partial charge < -0.3 is 29.8 Å². The topological polar surface area (TPSA) is 157 Å². The van der Waals surface area contributed by atoms with Crippen molar-refractivity contribution in [1.82, 2.24) is 15.2 Å². The number of carbonyl (C=O) groups excluding carboxylic acids is 3. The molecule has 288 valence electrons. The standard InChI is InChI=1S/C39H63N3O9/c1-34(2)16-13-28(22-37(7,8)40(34)46)49-31(43)25-19-26(32(44)50-29-14-17-35(3,4)41(47)38(9,10)23-29)21-27(20-25)33(45)51-30-15-18-36(5,6)42(48)39(11,12)24-30/h19-21,28-30,46-48H,13-18,22-24H2,1-12H3/p+3. The van der Waals surface area contributed by atoms with Gasteiger partial charge in [0.1, 0.15) is 18.3 Å². The van der Waals surface area contributed by atoms with E-state index >= 15 is 0 Å². The zero-order valence-corrected chi connectivity index (χ0v) is 33.1. The Morgan fingerprint density at radius 1 is 0.471 bits per heavy atom. The summed E-state index contributed by atoms with van der Waals surface area (Å²) in [4.78, 5) is 41.5. The maximum Gasteiger partial charge on any atom is 0.338 e. The molecule has 0 aliphatic carbocycles. The highest BCUT2D eigenvalue weighted by Gasteiger charge is 2.49. The predicted octanol–water partition coefficient (Wildman–Crippen LogP) is 5.31. The molecule has 51 heavy (non-hydrogen) atoms. The fourth-order valence-electron chi connectivity index (χ4n) is 8.53. The fourth-order valence-corrected chi connectivity index (χ4v) is 8.53. The van der Waals surface area contributed by atoms with Gasteiger partial charge in [0.25, 0.3) is 0 Å². The van der Waals surface area contributed by atoms with Crippen molar-refractivity contribution in [3.05, 3.63) is 34.9 Å². The molecule has 12 nitrogen and oxygen atoms in total. The SMILES string of the molecule is CC1(C)CCC(OC(=O)c2cc(C(=O)OC3CCC(C)(C)N([OH2+])C(C)(C)C3)cc(C(=O)OC3CCC(C)(C)N([OH2+])C(C)(C)C3)c2)CC(C)(C)N1[OH2+]. The zero-order chi connectivity index (χ0) is 38.5. The minimum absolute atomic E-state index is 0.0415. The molecular weight excluding hydrogens is 654 g/mol. The summed E-state index contributed by atoms with van der Waals surface area (Å²) in [5.74, 6) is -2.00. The third kappa shape index (κ3) is 9.31. The number of ether oxygens (including phenoxy) is 3. The molecular formula is C39H66N3O9+3. The molecule has 1 aromatic carbocycles. The van der Waals surface area contributed by atoms with E-state index in [0.29, 0.717) is 57.8 Å². The van der Waals surface area contributed by atoms with Gasteiger partial charge in [0.15, 0.2) is 0 Å². The van der Waals surface area contributed by atoms with Gasteiger partial charge in [0.05, 0.1) is 49.9 Å². The average molecular weight is 721 g/mol. The number of carbonyl (C=O) groups is 3. The van der Waals surface area contributed by atoms with E-state index in [-0.39, 0.29) is 16.7 Å². The van der Waals surface area contributed by atoms with Gasteiger partial charge in [-0.2, -0.15) is 0 Å². The van der Waals surface area contributed by atoms with Gasteiger partial charge in [-0.15, -0.1) is 0 Å². The van der Waals surface area contributed by atoms with Crippen molar-refractivity contribution in [2.24, 2.45) is 0 Å². The van der Waals surface area contributed by atoms with E-state index in [9.17, 15) is 14.4 Å². The summed E-state index contributed by atoms with van der Waals surface area (Å²) >= 11 is 0. The number of hydrogen-bond donors (Lipinski definition) is 0. The van der Waals surface area contributed by atoms with E-state index in [2.05, 4.69) is 0 Å². The lowest BCUT2D eigenvalue weighted by Gasteiger charge is -2.37. The second-order valence-electron chi connectivity index (χ2n) is 19.0. The van der Waals surface area contributed by atoms with E-state index in [1.165, 1.54) is 18.2 Å². The summed E-state index contributed by atoms with van der Waals surface area (Å²) in [6.07, 6.45) is 3.58. The van der Waals surface area contributed by atoms with E-state index in [1.54, 1.807) is 15.2 Å². The molecule has 0 saturated carbocycles. The Labute approximate surface area is 304 Å². The molecule has 0 spiro atoms. The van der Waals surface area contributed by atoms with Crippen LogP contribution in [0.5, 0.6) is 0 Å². The summed E-state index contributed by atoms with van der Waals surface area (Å²) in [6, 6.07) is 4.26. The van der Waals surface area contributed by atoms with Gasteiger partial charge in [0.2, 0.25) is 0 Å². The molecule has 3 heterocycles. The largest absolute Gasteiger partial charge is 0.459 e. The Hall–Kier alpha value is -2.61. The minimum atomic E-state index is -0.667. The summed E-state index contributed by atoms with van der Waals surface area (Å²) < 4.78 is 18.2. The lowest BCUT2D eigenvalue weighted by molar-refractivity contribution is -0.222. The number of benzene rings is 1. The molecule has 4 rings (SSSR count). The predicted molar refractivity (Wildman–Crippen MR) is 196 cm³/mol. The molecule has 3 atom stereocenters. The van der Waals surface area contributed by atoms with Crippen LogP contribution in [0.2, 0.25) is 0 Å². The summed E-state index contributed by atoms with van der Waals surface area (Å²) in [5.41, 5.74) is -2.79. The Kier molecular flexibility index (Phi) is 11.6. The summed E-state index contributed by atoms with van der Waals surface area (Å²) in [6.45, 7) is 23.8. The minimum Gasteiger partial charge on any atom is -0.459 e. The average Bonchev–Trinajstić information content (AvgIpc) is 3.19. The van der Waals surface area contributed by atoms with Crippen LogP contribution in [-0.2, 0) is 14.2 Å². The first kappa shape index (κ1) is 41.2. The highest BCUT2D eigenvalue weighted by molar-refractivity contribution is 6.00. The fraction of sp³-hybridized carbons (Fsp3) is 0.769. The molecule has 0 aromatic heterocycles. The molecule has 3 unspecified atom stereocenters. The lowest BCUT2D eigenvalue weighted by Crippen LogP contribution is -2.52. The van der Waals surface area contributed by atoms with Gasteiger partial charge in [-0.1, -0.05) is 15.2 Å². The highest BCUT2D eigenvalue weighted by atomic mass is 16.6. The molecule has 3 fully saturated rings. The number of nitrogens with zero attached hydrogens (tertiary/aromatic N) is 3. The third-order valence-corrected chi connectivity index (χ3v) is 11.5. The summed E-state index contributed by atoms with van der Waals surface area (Å²) in [5, 5.41) is 30.9. The van der Waals surface area contributed by atoms with Gasteiger partial charge in [0, 0.05) is 19.3 Å². The molecule has 0 bridgehead atoms. The molecule has 6 N–H and O–H groups in total.